The number of nitrogens with two attached hydrogens (primary N) is 1. The van der Waals surface area contributed by atoms with E-state index < -0.39 is 85.1 Å². The van der Waals surface area contributed by atoms with E-state index in [1.807, 2.05) is 6.92 Å². The molecule has 1 saturated heterocycles. The van der Waals surface area contributed by atoms with Gasteiger partial charge in [0.15, 0.2) is 0 Å². The van der Waals surface area contributed by atoms with E-state index >= 15 is 8.78 Å². The first-order chi connectivity index (χ1) is 26.4. The maximum absolute atomic E-state index is 16.0. The number of piperidine rings is 1. The first-order valence-electron chi connectivity index (χ1n) is 18.8. The lowest BCUT2D eigenvalue weighted by molar-refractivity contribution is -0.163. The van der Waals surface area contributed by atoms with Crippen LogP contribution in [0.15, 0.2) is 30.3 Å². The van der Waals surface area contributed by atoms with Crippen molar-refractivity contribution < 1.29 is 60.6 Å². The first-order valence-corrected chi connectivity index (χ1v) is 20.3. The van der Waals surface area contributed by atoms with E-state index in [0.29, 0.717) is 30.5 Å². The minimum Gasteiger partial charge on any atom is -0.438 e. The fourth-order valence-corrected chi connectivity index (χ4v) is 7.13. The monoisotopic (exact) mass is 827 g/mol. The predicted molar refractivity (Wildman–Crippen MR) is 204 cm³/mol. The van der Waals surface area contributed by atoms with Crippen LogP contribution in [0, 0.1) is 22.7 Å². The highest BCUT2D eigenvalue weighted by molar-refractivity contribution is 7.54. The fourth-order valence-electron chi connectivity index (χ4n) is 5.89. The number of urea groups is 1. The molecule has 1 aliphatic carbocycles. The van der Waals surface area contributed by atoms with Crippen LogP contribution >= 0.6 is 7.60 Å². The second-order valence-electron chi connectivity index (χ2n) is 16.2. The molecule has 1 aliphatic heterocycles. The van der Waals surface area contributed by atoms with Crippen molar-refractivity contribution in [3.63, 3.8) is 0 Å². The lowest BCUT2D eigenvalue weighted by Crippen LogP contribution is -2.55. The minimum absolute atomic E-state index is 0.00195. The van der Waals surface area contributed by atoms with Crippen LogP contribution in [0.4, 0.5) is 13.6 Å². The molecule has 1 aromatic rings. The Kier molecular flexibility index (Phi) is 16.0. The van der Waals surface area contributed by atoms with Crippen molar-refractivity contribution in [1.29, 1.82) is 0 Å². The molecule has 1 aromatic carbocycles. The quantitative estimate of drug-likeness (QED) is 0.0489. The van der Waals surface area contributed by atoms with Crippen LogP contribution in [0.1, 0.15) is 92.2 Å². The second kappa shape index (κ2) is 19.4. The molecule has 2 fully saturated rings. The lowest BCUT2D eigenvalue weighted by atomic mass is 9.98. The molecule has 4 atom stereocenters. The van der Waals surface area contributed by atoms with Crippen LogP contribution in [-0.4, -0.2) is 85.9 Å². The molecule has 5 N–H and O–H groups in total. The number of nitrogens with zero attached hydrogens (tertiary/aromatic N) is 1. The van der Waals surface area contributed by atoms with Gasteiger partial charge in [0.1, 0.15) is 12.1 Å². The van der Waals surface area contributed by atoms with Crippen molar-refractivity contribution in [2.24, 2.45) is 28.4 Å². The molecule has 1 heterocycles. The van der Waals surface area contributed by atoms with Crippen molar-refractivity contribution in [3.05, 3.63) is 41.5 Å². The van der Waals surface area contributed by atoms with Gasteiger partial charge in [-0.1, -0.05) is 44.0 Å². The number of rotatable bonds is 19. The summed E-state index contributed by atoms with van der Waals surface area (Å²) >= 11 is 0. The third-order valence-electron chi connectivity index (χ3n) is 9.32. The van der Waals surface area contributed by atoms with Crippen molar-refractivity contribution in [3.8, 4) is 0 Å². The van der Waals surface area contributed by atoms with Gasteiger partial charge in [-0.25, -0.2) is 4.79 Å². The molecule has 57 heavy (non-hydrogen) atoms. The van der Waals surface area contributed by atoms with Crippen LogP contribution in [0.25, 0.3) is 5.57 Å². The Morgan fingerprint density at radius 2 is 1.47 bits per heavy atom. The maximum atomic E-state index is 16.0. The molecule has 318 valence electrons. The number of fused-ring (bicyclic) bond motifs is 1. The van der Waals surface area contributed by atoms with Gasteiger partial charge >= 0.3 is 31.2 Å². The van der Waals surface area contributed by atoms with Crippen LogP contribution in [0.3, 0.4) is 0 Å². The van der Waals surface area contributed by atoms with Gasteiger partial charge in [-0.05, 0) is 84.3 Å². The van der Waals surface area contributed by atoms with Crippen molar-refractivity contribution >= 4 is 48.9 Å². The zero-order valence-electron chi connectivity index (χ0n) is 33.8. The highest BCUT2D eigenvalue weighted by Gasteiger charge is 2.58. The SMILES string of the molecule is CCCC[C@H](NC(=O)/C=C(\C)c1ccc(C(F)(F)P(=O)(OCOC(=O)C(C)(C)C)OCOC(=O)C(C)(C)C)cc1)C(=O)N1CC2CC2C1C(=O)NCCNC(N)=O. The predicted octanol–water partition coefficient (Wildman–Crippen LogP) is 4.77. The third kappa shape index (κ3) is 12.8. The molecule has 16 nitrogen and oxygen atoms in total. The third-order valence-corrected chi connectivity index (χ3v) is 11.2. The van der Waals surface area contributed by atoms with Gasteiger partial charge in [0.2, 0.25) is 31.3 Å². The Hall–Kier alpha value is -4.41. The number of unbranched alkanes of at least 4 members (excludes halogenated alkanes) is 1. The normalized spacial score (nSPS) is 18.9. The maximum Gasteiger partial charge on any atom is 0.410 e. The number of likely N-dealkylation sites (tertiary alicyclic amines) is 1. The van der Waals surface area contributed by atoms with Gasteiger partial charge in [0.25, 0.3) is 0 Å². The van der Waals surface area contributed by atoms with Crippen LogP contribution in [0.2, 0.25) is 0 Å². The number of benzene rings is 1. The van der Waals surface area contributed by atoms with Crippen LogP contribution in [-0.2, 0) is 52.7 Å². The van der Waals surface area contributed by atoms with E-state index in [2.05, 4.69) is 16.0 Å². The van der Waals surface area contributed by atoms with Gasteiger partial charge < -0.3 is 36.1 Å². The standard InChI is InChI=1S/C38H56F2N5O11P/c1-9-10-11-28(32(48)45-20-25-19-27(25)30(45)31(47)42-16-17-43-35(41)51)44-29(46)18-23(2)24-12-14-26(15-13-24)38(39,40)57(52,55-21-53-33(49)36(3,4)5)56-22-54-34(50)37(6,7)8/h12-15,18,25,27-28,30H,9-11,16-17,19-22H2,1-8H3,(H,42,47)(H,44,46)(H3,41,43,51)/b23-18+/t25?,27?,28-,30?/m0/s1. The summed E-state index contributed by atoms with van der Waals surface area (Å²) in [6.07, 6.45) is 3.68. The molecule has 19 heteroatoms. The van der Waals surface area contributed by atoms with Gasteiger partial charge in [-0.15, -0.1) is 0 Å². The molecule has 3 rings (SSSR count). The number of hydrogen-bond donors (Lipinski definition) is 4. The number of carbonyl (C=O) groups is 6. The number of halogens is 2. The summed E-state index contributed by atoms with van der Waals surface area (Å²) in [7, 11) is -5.54. The van der Waals surface area contributed by atoms with E-state index in [1.165, 1.54) is 64.7 Å². The molecule has 1 saturated carbocycles. The van der Waals surface area contributed by atoms with Gasteiger partial charge in [0, 0.05) is 31.3 Å². The highest BCUT2D eigenvalue weighted by Crippen LogP contribution is 2.67. The Balaban J connectivity index is 1.75. The first kappa shape index (κ1) is 47.0. The number of allylic oxidation sites excluding steroid dienone is 1. The van der Waals surface area contributed by atoms with Gasteiger partial charge in [0.05, 0.1) is 10.8 Å². The van der Waals surface area contributed by atoms with Crippen LogP contribution < -0.4 is 21.7 Å². The zero-order chi connectivity index (χ0) is 42.9. The molecule has 5 amide bonds. The summed E-state index contributed by atoms with van der Waals surface area (Å²) in [6.45, 7) is 10.9. The summed E-state index contributed by atoms with van der Waals surface area (Å²) < 4.78 is 65.2. The highest BCUT2D eigenvalue weighted by atomic mass is 31.2. The summed E-state index contributed by atoms with van der Waals surface area (Å²) in [5.74, 6) is -2.83. The number of hydrogen-bond acceptors (Lipinski definition) is 11. The molecular formula is C38H56F2N5O11P. The molecular weight excluding hydrogens is 771 g/mol. The number of alkyl halides is 2. The summed E-state index contributed by atoms with van der Waals surface area (Å²) in [6, 6.07) is 2.04. The van der Waals surface area contributed by atoms with Gasteiger partial charge in [-0.3, -0.25) is 37.6 Å². The number of carbonyl (C=O) groups excluding carboxylic acids is 6. The summed E-state index contributed by atoms with van der Waals surface area (Å²) in [5.41, 5.74) is -1.45. The molecule has 0 aromatic heterocycles. The van der Waals surface area contributed by atoms with Crippen LogP contribution in [0.5, 0.6) is 0 Å². The number of nitrogens with one attached hydrogen (secondary N) is 3. The Labute approximate surface area is 331 Å². The topological polar surface area (TPSA) is 222 Å². The number of esters is 2. The molecule has 0 radical (unpaired) electrons. The Morgan fingerprint density at radius 3 is 1.98 bits per heavy atom. The van der Waals surface area contributed by atoms with E-state index in [-0.39, 0.29) is 30.8 Å². The molecule has 2 aliphatic rings. The van der Waals surface area contributed by atoms with Crippen molar-refractivity contribution in [1.82, 2.24) is 20.9 Å². The molecule has 0 bridgehead atoms. The number of primary amides is 1. The summed E-state index contributed by atoms with van der Waals surface area (Å²) in [5, 5.41) is 7.87. The van der Waals surface area contributed by atoms with E-state index in [9.17, 15) is 33.3 Å². The minimum atomic E-state index is -5.54. The average molecular weight is 828 g/mol. The van der Waals surface area contributed by atoms with E-state index in [0.717, 1.165) is 25.0 Å². The Bertz CT molecular complexity index is 1690. The van der Waals surface area contributed by atoms with E-state index in [1.54, 1.807) is 6.92 Å². The zero-order valence-corrected chi connectivity index (χ0v) is 34.7. The summed E-state index contributed by atoms with van der Waals surface area (Å²) in [4.78, 5) is 77.0. The van der Waals surface area contributed by atoms with Crippen molar-refractivity contribution in [2.75, 3.05) is 33.2 Å². The smallest absolute Gasteiger partial charge is 0.410 e. The largest absolute Gasteiger partial charge is 0.438 e. The van der Waals surface area contributed by atoms with Gasteiger partial charge in [-0.2, -0.15) is 8.78 Å². The Morgan fingerprint density at radius 1 is 0.930 bits per heavy atom. The molecule has 3 unspecified atom stereocenters. The average Bonchev–Trinajstić information content (AvgIpc) is 3.78. The van der Waals surface area contributed by atoms with E-state index in [4.69, 9.17) is 24.3 Å². The lowest BCUT2D eigenvalue weighted by Gasteiger charge is -2.30. The number of ether oxygens (including phenoxy) is 2. The fraction of sp³-hybridized carbons (Fsp3) is 0.632. The van der Waals surface area contributed by atoms with Crippen molar-refractivity contribution in [2.45, 2.75) is 98.8 Å². The second-order valence-corrected chi connectivity index (χ2v) is 18.3. The molecule has 0 spiro atoms. The number of amides is 5.